The maximum atomic E-state index is 12.3. The van der Waals surface area contributed by atoms with Crippen molar-refractivity contribution in [3.8, 4) is 0 Å². The Morgan fingerprint density at radius 3 is 2.52 bits per heavy atom. The topological polar surface area (TPSA) is 84.2 Å². The Morgan fingerprint density at radius 1 is 1.20 bits per heavy atom. The van der Waals surface area contributed by atoms with Crippen LogP contribution in [0, 0.1) is 11.8 Å². The second-order valence-electron chi connectivity index (χ2n) is 6.97. The summed E-state index contributed by atoms with van der Waals surface area (Å²) in [5, 5.41) is 5.83. The van der Waals surface area contributed by atoms with Crippen LogP contribution in [0.15, 0.2) is 28.7 Å². The second kappa shape index (κ2) is 9.01. The fraction of sp³-hybridized carbons (Fsp3) is 0.556. The van der Waals surface area contributed by atoms with Crippen molar-refractivity contribution in [3.63, 3.8) is 0 Å². The van der Waals surface area contributed by atoms with Crippen LogP contribution in [-0.4, -0.2) is 30.4 Å². The van der Waals surface area contributed by atoms with Crippen LogP contribution >= 0.6 is 28.3 Å². The molecule has 4 N–H and O–H groups in total. The number of halogens is 2. The van der Waals surface area contributed by atoms with Gasteiger partial charge in [0, 0.05) is 22.1 Å². The fourth-order valence-electron chi connectivity index (χ4n) is 4.15. The van der Waals surface area contributed by atoms with Crippen molar-refractivity contribution < 1.29 is 9.59 Å². The molecule has 2 atom stereocenters. The molecule has 0 aliphatic heterocycles. The maximum absolute atomic E-state index is 12.3. The number of hydrogen-bond donors (Lipinski definition) is 3. The average Bonchev–Trinajstić information content (AvgIpc) is 2.53. The maximum Gasteiger partial charge on any atom is 0.251 e. The van der Waals surface area contributed by atoms with E-state index in [1.54, 1.807) is 18.2 Å². The van der Waals surface area contributed by atoms with Gasteiger partial charge in [-0.25, -0.2) is 0 Å². The van der Waals surface area contributed by atoms with Crippen molar-refractivity contribution >= 4 is 40.2 Å². The van der Waals surface area contributed by atoms with Crippen LogP contribution in [0.1, 0.15) is 42.5 Å². The largest absolute Gasteiger partial charge is 0.351 e. The minimum absolute atomic E-state index is 0. The summed E-state index contributed by atoms with van der Waals surface area (Å²) in [6.07, 6.45) is 5.49. The van der Waals surface area contributed by atoms with Crippen LogP contribution in [0.25, 0.3) is 0 Å². The van der Waals surface area contributed by atoms with Crippen molar-refractivity contribution in [1.82, 2.24) is 10.6 Å². The number of nitrogens with two attached hydrogens (primary N) is 1. The molecule has 0 spiro atoms. The summed E-state index contributed by atoms with van der Waals surface area (Å²) < 4.78 is 0.839. The lowest BCUT2D eigenvalue weighted by Crippen LogP contribution is -2.55. The monoisotopic (exact) mass is 429 g/mol. The summed E-state index contributed by atoms with van der Waals surface area (Å²) >= 11 is 3.34. The molecular weight excluding hydrogens is 406 g/mol. The minimum atomic E-state index is -0.239. The number of rotatable bonds is 4. The molecule has 0 radical (unpaired) electrons. The predicted molar refractivity (Wildman–Crippen MR) is 104 cm³/mol. The van der Waals surface area contributed by atoms with Gasteiger partial charge in [0.05, 0.1) is 6.54 Å². The summed E-state index contributed by atoms with van der Waals surface area (Å²) in [7, 11) is 0. The Balaban J connectivity index is 0.00000225. The highest BCUT2D eigenvalue weighted by molar-refractivity contribution is 9.10. The lowest BCUT2D eigenvalue weighted by Gasteiger charge is -2.45. The third kappa shape index (κ3) is 5.19. The SMILES string of the molecule is Cl.NC1CC2CCCC(C1)C2NC(=O)CNC(=O)c1cccc(Br)c1. The lowest BCUT2D eigenvalue weighted by molar-refractivity contribution is -0.122. The van der Waals surface area contributed by atoms with E-state index >= 15 is 0 Å². The third-order valence-corrected chi connectivity index (χ3v) is 5.69. The average molecular weight is 431 g/mol. The van der Waals surface area contributed by atoms with E-state index in [4.69, 9.17) is 5.73 Å². The first-order valence-corrected chi connectivity index (χ1v) is 9.41. The van der Waals surface area contributed by atoms with E-state index in [9.17, 15) is 9.59 Å². The molecule has 0 aromatic heterocycles. The highest BCUT2D eigenvalue weighted by Gasteiger charge is 2.39. The van der Waals surface area contributed by atoms with Crippen molar-refractivity contribution in [3.05, 3.63) is 34.3 Å². The van der Waals surface area contributed by atoms with E-state index in [1.165, 1.54) is 6.42 Å². The molecule has 25 heavy (non-hydrogen) atoms. The van der Waals surface area contributed by atoms with Gasteiger partial charge < -0.3 is 16.4 Å². The van der Waals surface area contributed by atoms with Gasteiger partial charge in [0.2, 0.25) is 5.91 Å². The van der Waals surface area contributed by atoms with Gasteiger partial charge in [-0.15, -0.1) is 12.4 Å². The van der Waals surface area contributed by atoms with Gasteiger partial charge in [0.25, 0.3) is 5.91 Å². The molecule has 138 valence electrons. The molecule has 5 nitrogen and oxygen atoms in total. The summed E-state index contributed by atoms with van der Waals surface area (Å²) in [5.41, 5.74) is 6.66. The van der Waals surface area contributed by atoms with E-state index in [0.29, 0.717) is 17.4 Å². The number of carbonyl (C=O) groups excluding carboxylic acids is 2. The number of fused-ring (bicyclic) bond motifs is 2. The zero-order valence-corrected chi connectivity index (χ0v) is 16.4. The first kappa shape index (κ1) is 20.2. The van der Waals surface area contributed by atoms with Gasteiger partial charge in [-0.3, -0.25) is 9.59 Å². The van der Waals surface area contributed by atoms with Crippen LogP contribution in [0.3, 0.4) is 0 Å². The number of nitrogens with one attached hydrogen (secondary N) is 2. The van der Waals surface area contributed by atoms with Crippen LogP contribution in [0.5, 0.6) is 0 Å². The number of carbonyl (C=O) groups is 2. The zero-order valence-electron chi connectivity index (χ0n) is 14.0. The first-order valence-electron chi connectivity index (χ1n) is 8.61. The van der Waals surface area contributed by atoms with E-state index in [2.05, 4.69) is 26.6 Å². The molecule has 2 fully saturated rings. The third-order valence-electron chi connectivity index (χ3n) is 5.20. The number of benzene rings is 1. The highest BCUT2D eigenvalue weighted by atomic mass is 79.9. The van der Waals surface area contributed by atoms with Gasteiger partial charge in [0.1, 0.15) is 0 Å². The van der Waals surface area contributed by atoms with Gasteiger partial charge >= 0.3 is 0 Å². The van der Waals surface area contributed by atoms with Gasteiger partial charge in [-0.2, -0.15) is 0 Å². The van der Waals surface area contributed by atoms with Crippen molar-refractivity contribution in [1.29, 1.82) is 0 Å². The molecule has 0 heterocycles. The lowest BCUT2D eigenvalue weighted by atomic mass is 9.67. The number of hydrogen-bond acceptors (Lipinski definition) is 3. The van der Waals surface area contributed by atoms with Crippen molar-refractivity contribution in [2.75, 3.05) is 6.54 Å². The summed E-state index contributed by atoms with van der Waals surface area (Å²) in [6.45, 7) is 0.00728. The van der Waals surface area contributed by atoms with Crippen LogP contribution in [0.2, 0.25) is 0 Å². The van der Waals surface area contributed by atoms with Crippen molar-refractivity contribution in [2.45, 2.75) is 44.2 Å². The van der Waals surface area contributed by atoms with Gasteiger partial charge in [-0.1, -0.05) is 28.4 Å². The van der Waals surface area contributed by atoms with E-state index in [-0.39, 0.29) is 42.8 Å². The smallest absolute Gasteiger partial charge is 0.251 e. The Labute approximate surface area is 163 Å². The first-order chi connectivity index (χ1) is 11.5. The minimum Gasteiger partial charge on any atom is -0.351 e. The van der Waals surface area contributed by atoms with E-state index in [0.717, 1.165) is 30.2 Å². The van der Waals surface area contributed by atoms with Gasteiger partial charge in [-0.05, 0) is 55.7 Å². The van der Waals surface area contributed by atoms with Crippen LogP contribution in [-0.2, 0) is 4.79 Å². The summed E-state index contributed by atoms with van der Waals surface area (Å²) in [4.78, 5) is 24.4. The number of amides is 2. The summed E-state index contributed by atoms with van der Waals surface area (Å²) in [5.74, 6) is 0.613. The molecule has 0 saturated heterocycles. The molecular formula is C18H25BrClN3O2. The van der Waals surface area contributed by atoms with Crippen molar-refractivity contribution in [2.24, 2.45) is 17.6 Å². The van der Waals surface area contributed by atoms with E-state index < -0.39 is 0 Å². The second-order valence-corrected chi connectivity index (χ2v) is 7.88. The Bertz CT molecular complexity index is 614. The molecule has 3 rings (SSSR count). The Kier molecular flexibility index (Phi) is 7.28. The molecule has 2 bridgehead atoms. The Hall–Kier alpha value is -1.11. The highest BCUT2D eigenvalue weighted by Crippen LogP contribution is 2.39. The predicted octanol–water partition coefficient (Wildman–Crippen LogP) is 2.62. The molecule has 2 aliphatic rings. The molecule has 1 aromatic carbocycles. The quantitative estimate of drug-likeness (QED) is 0.686. The summed E-state index contributed by atoms with van der Waals surface area (Å²) in [6, 6.07) is 7.60. The molecule has 7 heteroatoms. The molecule has 2 saturated carbocycles. The van der Waals surface area contributed by atoms with E-state index in [1.807, 2.05) is 6.07 Å². The molecule has 2 aliphatic carbocycles. The standard InChI is InChI=1S/C18H24BrN3O2.ClH/c19-14-6-2-5-13(7-14)18(24)21-10-16(23)22-17-11-3-1-4-12(17)9-15(20)8-11;/h2,5-7,11-12,15,17H,1,3-4,8-10,20H2,(H,21,24)(H,22,23);1H. The fourth-order valence-corrected chi connectivity index (χ4v) is 4.55. The van der Waals surface area contributed by atoms with Crippen LogP contribution in [0.4, 0.5) is 0 Å². The normalized spacial score (nSPS) is 27.8. The Morgan fingerprint density at radius 2 is 1.88 bits per heavy atom. The van der Waals surface area contributed by atoms with Crippen LogP contribution < -0.4 is 16.4 Å². The molecule has 2 amide bonds. The molecule has 2 unspecified atom stereocenters. The molecule has 1 aromatic rings. The zero-order chi connectivity index (χ0) is 17.1. The van der Waals surface area contributed by atoms with Gasteiger partial charge in [0.15, 0.2) is 0 Å².